The minimum atomic E-state index is -2.58. The van der Waals surface area contributed by atoms with Crippen LogP contribution in [0.2, 0.25) is 0 Å². The van der Waals surface area contributed by atoms with E-state index < -0.39 is 11.8 Å². The van der Waals surface area contributed by atoms with Gasteiger partial charge in [0, 0.05) is 25.4 Å². The Bertz CT molecular complexity index is 440. The lowest BCUT2D eigenvalue weighted by Crippen LogP contribution is -2.28. The second-order valence-electron chi connectivity index (χ2n) is 4.44. The van der Waals surface area contributed by atoms with Crippen molar-refractivity contribution in [1.82, 2.24) is 19.8 Å². The van der Waals surface area contributed by atoms with Gasteiger partial charge in [0.1, 0.15) is 0 Å². The Morgan fingerprint density at radius 1 is 1.41 bits per heavy atom. The van der Waals surface area contributed by atoms with E-state index >= 15 is 0 Å². The predicted molar refractivity (Wildman–Crippen MR) is 56.9 cm³/mol. The first kappa shape index (κ1) is 12.2. The molecule has 96 valence electrons. The first-order valence-electron chi connectivity index (χ1n) is 5.93. The van der Waals surface area contributed by atoms with E-state index in [1.54, 1.807) is 6.92 Å². The lowest BCUT2D eigenvalue weighted by molar-refractivity contribution is -0.0409. The van der Waals surface area contributed by atoms with Crippen LogP contribution in [0.5, 0.6) is 0 Å². The fourth-order valence-corrected chi connectivity index (χ4v) is 2.28. The molecule has 1 fully saturated rings. The van der Waals surface area contributed by atoms with E-state index in [2.05, 4.69) is 10.4 Å². The van der Waals surface area contributed by atoms with Gasteiger partial charge in [0.15, 0.2) is 0 Å². The van der Waals surface area contributed by atoms with Crippen molar-refractivity contribution in [3.63, 3.8) is 0 Å². The third-order valence-corrected chi connectivity index (χ3v) is 3.35. The zero-order chi connectivity index (χ0) is 12.5. The van der Waals surface area contributed by atoms with Gasteiger partial charge in [-0.3, -0.25) is 0 Å². The molecule has 0 bridgehead atoms. The Hall–Kier alpha value is -1.27. The fraction of sp³-hybridized carbons (Fsp3) is 0.900. The van der Waals surface area contributed by atoms with Gasteiger partial charge >= 0.3 is 5.69 Å². The third kappa shape index (κ3) is 2.37. The number of aromatic nitrogens is 4. The Labute approximate surface area is 97.4 Å². The lowest BCUT2D eigenvalue weighted by Gasteiger charge is -2.17. The van der Waals surface area contributed by atoms with Crippen LogP contribution < -0.4 is 5.69 Å². The van der Waals surface area contributed by atoms with Crippen molar-refractivity contribution in [3.05, 3.63) is 10.5 Å². The molecule has 5 nitrogen and oxygen atoms in total. The molecule has 1 aromatic heterocycles. The Balaban J connectivity index is 1.98. The summed E-state index contributed by atoms with van der Waals surface area (Å²) < 4.78 is 29.1. The van der Waals surface area contributed by atoms with Gasteiger partial charge in [-0.1, -0.05) is 0 Å². The highest BCUT2D eigenvalue weighted by molar-refractivity contribution is 4.83. The maximum absolute atomic E-state index is 13.4. The molecule has 0 N–H and O–H groups in total. The molecule has 0 saturated heterocycles. The Morgan fingerprint density at radius 2 is 2.12 bits per heavy atom. The van der Waals surface area contributed by atoms with Crippen molar-refractivity contribution < 1.29 is 8.78 Å². The van der Waals surface area contributed by atoms with Gasteiger partial charge in [-0.05, 0) is 36.6 Å². The van der Waals surface area contributed by atoms with Crippen molar-refractivity contribution in [2.24, 2.45) is 5.92 Å². The summed E-state index contributed by atoms with van der Waals surface area (Å²) in [6.45, 7) is 2.45. The summed E-state index contributed by atoms with van der Waals surface area (Å²) in [5.41, 5.74) is -0.325. The second-order valence-corrected chi connectivity index (χ2v) is 4.44. The van der Waals surface area contributed by atoms with Gasteiger partial charge < -0.3 is 0 Å². The monoisotopic (exact) mass is 246 g/mol. The van der Waals surface area contributed by atoms with E-state index in [0.717, 1.165) is 4.68 Å². The molecule has 0 aliphatic heterocycles. The fourth-order valence-electron chi connectivity index (χ4n) is 2.28. The first-order chi connectivity index (χ1) is 8.04. The molecule has 2 rings (SSSR count). The molecule has 1 heterocycles. The summed E-state index contributed by atoms with van der Waals surface area (Å²) in [7, 11) is 0. The molecule has 1 aliphatic rings. The van der Waals surface area contributed by atoms with Crippen LogP contribution in [0.3, 0.4) is 0 Å². The maximum atomic E-state index is 13.4. The van der Waals surface area contributed by atoms with Crippen LogP contribution in [0.1, 0.15) is 32.6 Å². The number of alkyl halides is 2. The molecule has 17 heavy (non-hydrogen) atoms. The molecule has 1 unspecified atom stereocenters. The van der Waals surface area contributed by atoms with Crippen molar-refractivity contribution in [2.75, 3.05) is 0 Å². The number of tetrazole rings is 1. The molecule has 7 heteroatoms. The first-order valence-corrected chi connectivity index (χ1v) is 5.93. The summed E-state index contributed by atoms with van der Waals surface area (Å²) in [5, 5.41) is 7.31. The largest absolute Gasteiger partial charge is 0.363 e. The highest BCUT2D eigenvalue weighted by Crippen LogP contribution is 2.42. The van der Waals surface area contributed by atoms with Gasteiger partial charge in [0.2, 0.25) is 0 Å². The lowest BCUT2D eigenvalue weighted by atomic mass is 10.0. The minimum absolute atomic E-state index is 0.0335. The molecule has 0 radical (unpaired) electrons. The Morgan fingerprint density at radius 3 is 2.65 bits per heavy atom. The standard InChI is InChI=1S/C10H16F2N4O/c1-2-15-9(17)16(14-13-15)7-5-8-4-3-6-10(8,11)12/h8H,2-7H2,1H3. The molecule has 0 amide bonds. The molecule has 1 aliphatic carbocycles. The summed E-state index contributed by atoms with van der Waals surface area (Å²) >= 11 is 0. The van der Waals surface area contributed by atoms with Gasteiger partial charge in [-0.25, -0.2) is 13.6 Å². The summed E-state index contributed by atoms with van der Waals surface area (Å²) in [5.74, 6) is -3.20. The number of hydrogen-bond acceptors (Lipinski definition) is 3. The number of halogens is 2. The van der Waals surface area contributed by atoms with E-state index in [9.17, 15) is 13.6 Å². The maximum Gasteiger partial charge on any atom is 0.363 e. The molecular weight excluding hydrogens is 230 g/mol. The van der Waals surface area contributed by atoms with Gasteiger partial charge in [0.05, 0.1) is 0 Å². The molecule has 1 saturated carbocycles. The minimum Gasteiger partial charge on any atom is -0.244 e. The van der Waals surface area contributed by atoms with Gasteiger partial charge in [0.25, 0.3) is 5.92 Å². The van der Waals surface area contributed by atoms with E-state index in [1.807, 2.05) is 0 Å². The normalized spacial score (nSPS) is 23.1. The zero-order valence-electron chi connectivity index (χ0n) is 9.77. The van der Waals surface area contributed by atoms with Crippen LogP contribution in [0.15, 0.2) is 4.79 Å². The van der Waals surface area contributed by atoms with Gasteiger partial charge in [-0.2, -0.15) is 9.36 Å². The summed E-state index contributed by atoms with van der Waals surface area (Å²) in [4.78, 5) is 11.6. The number of rotatable bonds is 4. The highest BCUT2D eigenvalue weighted by atomic mass is 19.3. The molecule has 1 atom stereocenters. The second kappa shape index (κ2) is 4.54. The van der Waals surface area contributed by atoms with Crippen molar-refractivity contribution in [2.45, 2.75) is 51.6 Å². The van der Waals surface area contributed by atoms with Crippen molar-refractivity contribution in [3.8, 4) is 0 Å². The average Bonchev–Trinajstić information content (AvgIpc) is 2.79. The molecule has 1 aromatic rings. The van der Waals surface area contributed by atoms with Crippen LogP contribution in [-0.2, 0) is 13.1 Å². The number of aryl methyl sites for hydroxylation is 2. The predicted octanol–water partition coefficient (Wildman–Crippen LogP) is 1.29. The van der Waals surface area contributed by atoms with E-state index in [4.69, 9.17) is 0 Å². The topological polar surface area (TPSA) is 52.7 Å². The van der Waals surface area contributed by atoms with Crippen LogP contribution >= 0.6 is 0 Å². The van der Waals surface area contributed by atoms with Crippen LogP contribution in [0.25, 0.3) is 0 Å². The Kier molecular flexibility index (Phi) is 3.26. The highest BCUT2D eigenvalue weighted by Gasteiger charge is 2.43. The quantitative estimate of drug-likeness (QED) is 0.804. The smallest absolute Gasteiger partial charge is 0.244 e. The van der Waals surface area contributed by atoms with Crippen molar-refractivity contribution >= 4 is 0 Å². The van der Waals surface area contributed by atoms with Crippen LogP contribution in [0, 0.1) is 5.92 Å². The van der Waals surface area contributed by atoms with Crippen LogP contribution in [-0.4, -0.2) is 25.7 Å². The summed E-state index contributed by atoms with van der Waals surface area (Å²) in [6.07, 6.45) is 1.35. The van der Waals surface area contributed by atoms with E-state index in [0.29, 0.717) is 19.4 Å². The van der Waals surface area contributed by atoms with E-state index in [1.165, 1.54) is 4.68 Å². The third-order valence-electron chi connectivity index (χ3n) is 3.35. The van der Waals surface area contributed by atoms with Crippen molar-refractivity contribution in [1.29, 1.82) is 0 Å². The number of nitrogens with zero attached hydrogens (tertiary/aromatic N) is 4. The summed E-state index contributed by atoms with van der Waals surface area (Å²) in [6, 6.07) is 0. The van der Waals surface area contributed by atoms with E-state index in [-0.39, 0.29) is 25.1 Å². The molecular formula is C10H16F2N4O. The average molecular weight is 246 g/mol. The van der Waals surface area contributed by atoms with Gasteiger partial charge in [-0.15, -0.1) is 0 Å². The molecule has 0 aromatic carbocycles. The SMILES string of the molecule is CCn1nnn(CCC2CCCC2(F)F)c1=O. The number of hydrogen-bond donors (Lipinski definition) is 0. The molecule has 0 spiro atoms. The van der Waals surface area contributed by atoms with Crippen LogP contribution in [0.4, 0.5) is 8.78 Å². The zero-order valence-corrected chi connectivity index (χ0v) is 9.77.